The summed E-state index contributed by atoms with van der Waals surface area (Å²) in [5.41, 5.74) is -1.94. The Hall–Kier alpha value is -1.36. The van der Waals surface area contributed by atoms with Gasteiger partial charge in [-0.15, -0.1) is 0 Å². The fraction of sp³-hybridized carbons (Fsp3) is 0.733. The molecule has 0 unspecified atom stereocenters. The fourth-order valence-electron chi connectivity index (χ4n) is 4.14. The van der Waals surface area contributed by atoms with Crippen molar-refractivity contribution < 1.29 is 24.2 Å². The number of carbonyl (C=O) groups excluding carboxylic acids is 2. The number of hydrogen-bond donors (Lipinski definition) is 1. The fourth-order valence-corrected chi connectivity index (χ4v) is 4.14. The molecule has 5 nitrogen and oxygen atoms in total. The van der Waals surface area contributed by atoms with E-state index in [4.69, 9.17) is 9.47 Å². The number of hydrogen-bond acceptors (Lipinski definition) is 5. The summed E-state index contributed by atoms with van der Waals surface area (Å²) >= 11 is 0. The van der Waals surface area contributed by atoms with Crippen molar-refractivity contribution in [1.82, 2.24) is 0 Å². The van der Waals surface area contributed by atoms with Crippen LogP contribution in [0.5, 0.6) is 0 Å². The first kappa shape index (κ1) is 13.6. The third-order valence-corrected chi connectivity index (χ3v) is 5.42. The summed E-state index contributed by atoms with van der Waals surface area (Å²) in [7, 11) is 0. The van der Waals surface area contributed by atoms with Crippen molar-refractivity contribution in [2.24, 2.45) is 11.8 Å². The summed E-state index contributed by atoms with van der Waals surface area (Å²) in [6.45, 7) is 7.40. The van der Waals surface area contributed by atoms with Gasteiger partial charge in [0.15, 0.2) is 0 Å². The maximum absolute atomic E-state index is 11.7. The van der Waals surface area contributed by atoms with Crippen molar-refractivity contribution in [3.8, 4) is 0 Å². The standard InChI is InChI=1S/C15H20O5/c1-8-4-5-10-9(2)13(17)19-12(10)14(3,18)15(8)7-6-11(16)20-15/h8,10,12,18H,2,4-7H2,1,3H3/t8-,10+,12+,14+,15+/m0/s1. The topological polar surface area (TPSA) is 72.8 Å². The molecule has 20 heavy (non-hydrogen) atoms. The van der Waals surface area contributed by atoms with Gasteiger partial charge in [0.05, 0.1) is 0 Å². The van der Waals surface area contributed by atoms with E-state index < -0.39 is 23.3 Å². The van der Waals surface area contributed by atoms with Crippen molar-refractivity contribution in [2.45, 2.75) is 56.8 Å². The smallest absolute Gasteiger partial charge is 0.334 e. The van der Waals surface area contributed by atoms with Crippen LogP contribution in [0.25, 0.3) is 0 Å². The van der Waals surface area contributed by atoms with Gasteiger partial charge in [0.25, 0.3) is 0 Å². The highest BCUT2D eigenvalue weighted by molar-refractivity contribution is 5.91. The van der Waals surface area contributed by atoms with Crippen molar-refractivity contribution in [3.05, 3.63) is 12.2 Å². The highest BCUT2D eigenvalue weighted by atomic mass is 16.6. The minimum atomic E-state index is -1.39. The molecule has 1 aliphatic carbocycles. The third-order valence-electron chi connectivity index (χ3n) is 5.42. The molecule has 3 aliphatic rings. The molecule has 0 bridgehead atoms. The zero-order valence-corrected chi connectivity index (χ0v) is 11.8. The predicted octanol–water partition coefficient (Wildman–Crippen LogP) is 1.34. The average molecular weight is 280 g/mol. The van der Waals surface area contributed by atoms with Gasteiger partial charge in [-0.05, 0) is 25.7 Å². The molecule has 2 heterocycles. The van der Waals surface area contributed by atoms with Crippen LogP contribution in [0.15, 0.2) is 12.2 Å². The van der Waals surface area contributed by atoms with E-state index in [1.165, 1.54) is 0 Å². The van der Waals surface area contributed by atoms with Crippen LogP contribution in [0, 0.1) is 11.8 Å². The zero-order chi connectivity index (χ0) is 14.7. The van der Waals surface area contributed by atoms with Gasteiger partial charge in [-0.3, -0.25) is 4.79 Å². The Morgan fingerprint density at radius 2 is 2.05 bits per heavy atom. The second kappa shape index (κ2) is 4.07. The van der Waals surface area contributed by atoms with E-state index in [0.717, 1.165) is 6.42 Å². The quantitative estimate of drug-likeness (QED) is 0.535. The molecule has 1 spiro atoms. The van der Waals surface area contributed by atoms with E-state index in [1.807, 2.05) is 6.92 Å². The maximum atomic E-state index is 11.7. The van der Waals surface area contributed by atoms with Crippen molar-refractivity contribution in [1.29, 1.82) is 0 Å². The first-order valence-electron chi connectivity index (χ1n) is 7.13. The van der Waals surface area contributed by atoms with Gasteiger partial charge in [0.1, 0.15) is 17.3 Å². The van der Waals surface area contributed by atoms with Gasteiger partial charge >= 0.3 is 11.9 Å². The van der Waals surface area contributed by atoms with Crippen molar-refractivity contribution in [2.75, 3.05) is 0 Å². The Bertz CT molecular complexity index is 494. The average Bonchev–Trinajstić information content (AvgIpc) is 2.89. The molecule has 0 aromatic carbocycles. The molecule has 3 rings (SSSR count). The van der Waals surface area contributed by atoms with Crippen molar-refractivity contribution in [3.63, 3.8) is 0 Å². The highest BCUT2D eigenvalue weighted by Crippen LogP contribution is 2.53. The predicted molar refractivity (Wildman–Crippen MR) is 69.6 cm³/mol. The minimum Gasteiger partial charge on any atom is -0.456 e. The molecule has 0 radical (unpaired) electrons. The monoisotopic (exact) mass is 280 g/mol. The van der Waals surface area contributed by atoms with Crippen LogP contribution in [-0.2, 0) is 19.1 Å². The van der Waals surface area contributed by atoms with E-state index in [1.54, 1.807) is 6.92 Å². The molecule has 0 aromatic heterocycles. The molecule has 0 aromatic rings. The molecule has 0 amide bonds. The van der Waals surface area contributed by atoms with Gasteiger partial charge < -0.3 is 14.6 Å². The van der Waals surface area contributed by atoms with Gasteiger partial charge in [0.2, 0.25) is 0 Å². The number of carbonyl (C=O) groups is 2. The van der Waals surface area contributed by atoms with Crippen LogP contribution >= 0.6 is 0 Å². The summed E-state index contributed by atoms with van der Waals surface area (Å²) in [5.74, 6) is -0.923. The Kier molecular flexibility index (Phi) is 2.77. The molecule has 2 aliphatic heterocycles. The lowest BCUT2D eigenvalue weighted by Gasteiger charge is -2.46. The van der Waals surface area contributed by atoms with Crippen LogP contribution in [-0.4, -0.2) is 34.4 Å². The first-order valence-corrected chi connectivity index (χ1v) is 7.13. The number of aliphatic hydroxyl groups is 1. The molecule has 2 saturated heterocycles. The SMILES string of the molecule is C=C1C(=O)O[C@@H]2[C@@H]1CC[C@H](C)[C@]1(CCC(=O)O1)[C@]2(C)O. The molecule has 110 valence electrons. The summed E-state index contributed by atoms with van der Waals surface area (Å²) in [5, 5.41) is 11.1. The van der Waals surface area contributed by atoms with Crippen LogP contribution in [0.4, 0.5) is 0 Å². The lowest BCUT2D eigenvalue weighted by molar-refractivity contribution is -0.219. The molecule has 5 atom stereocenters. The molecular weight excluding hydrogens is 260 g/mol. The number of fused-ring (bicyclic) bond motifs is 1. The Morgan fingerprint density at radius 3 is 2.65 bits per heavy atom. The summed E-state index contributed by atoms with van der Waals surface area (Å²) in [4.78, 5) is 23.4. The van der Waals surface area contributed by atoms with E-state index >= 15 is 0 Å². The van der Waals surface area contributed by atoms with Gasteiger partial charge in [-0.25, -0.2) is 4.79 Å². The molecule has 1 saturated carbocycles. The van der Waals surface area contributed by atoms with Crippen LogP contribution < -0.4 is 0 Å². The highest BCUT2D eigenvalue weighted by Gasteiger charge is 2.66. The van der Waals surface area contributed by atoms with E-state index in [9.17, 15) is 14.7 Å². The third kappa shape index (κ3) is 1.53. The maximum Gasteiger partial charge on any atom is 0.334 e. The van der Waals surface area contributed by atoms with Crippen LogP contribution in [0.1, 0.15) is 39.5 Å². The Labute approximate surface area is 117 Å². The largest absolute Gasteiger partial charge is 0.456 e. The summed E-state index contributed by atoms with van der Waals surface area (Å²) < 4.78 is 10.9. The summed E-state index contributed by atoms with van der Waals surface area (Å²) in [6.07, 6.45) is 1.56. The minimum absolute atomic E-state index is 0.0149. The molecule has 3 fully saturated rings. The van der Waals surface area contributed by atoms with Gasteiger partial charge in [-0.1, -0.05) is 13.5 Å². The summed E-state index contributed by atoms with van der Waals surface area (Å²) in [6, 6.07) is 0. The number of rotatable bonds is 0. The van der Waals surface area contributed by atoms with E-state index in [-0.39, 0.29) is 17.8 Å². The van der Waals surface area contributed by atoms with Crippen LogP contribution in [0.3, 0.4) is 0 Å². The second-order valence-electron chi connectivity index (χ2n) is 6.45. The molecule has 5 heteroatoms. The lowest BCUT2D eigenvalue weighted by Crippen LogP contribution is -2.62. The molecular formula is C15H20O5. The Balaban J connectivity index is 2.06. The van der Waals surface area contributed by atoms with Gasteiger partial charge in [-0.2, -0.15) is 0 Å². The van der Waals surface area contributed by atoms with E-state index in [0.29, 0.717) is 24.8 Å². The van der Waals surface area contributed by atoms with Gasteiger partial charge in [0, 0.05) is 24.3 Å². The zero-order valence-electron chi connectivity index (χ0n) is 11.8. The normalized spacial score (nSPS) is 48.0. The second-order valence-corrected chi connectivity index (χ2v) is 6.45. The first-order chi connectivity index (χ1) is 9.29. The molecule has 1 N–H and O–H groups in total. The lowest BCUT2D eigenvalue weighted by atomic mass is 9.70. The van der Waals surface area contributed by atoms with Crippen molar-refractivity contribution >= 4 is 11.9 Å². The van der Waals surface area contributed by atoms with Crippen LogP contribution in [0.2, 0.25) is 0 Å². The number of esters is 2. The Morgan fingerprint density at radius 1 is 1.35 bits per heavy atom. The number of ether oxygens (including phenoxy) is 2. The van der Waals surface area contributed by atoms with E-state index in [2.05, 4.69) is 6.58 Å².